The molecule has 0 bridgehead atoms. The van der Waals surface area contributed by atoms with Gasteiger partial charge in [-0.05, 0) is 44.0 Å². The second-order valence-electron chi connectivity index (χ2n) is 6.15. The van der Waals surface area contributed by atoms with Crippen molar-refractivity contribution in [2.24, 2.45) is 0 Å². The molecule has 0 unspecified atom stereocenters. The first-order chi connectivity index (χ1) is 11.9. The number of nitrogens with one attached hydrogen (secondary N) is 3. The predicted octanol–water partition coefficient (Wildman–Crippen LogP) is -0.239. The van der Waals surface area contributed by atoms with E-state index in [2.05, 4.69) is 16.0 Å². The second-order valence-corrected chi connectivity index (χ2v) is 6.15. The molecule has 0 aliphatic carbocycles. The van der Waals surface area contributed by atoms with Crippen molar-refractivity contribution in [3.05, 3.63) is 29.8 Å². The Kier molecular flexibility index (Phi) is 6.35. The van der Waals surface area contributed by atoms with E-state index in [0.29, 0.717) is 6.42 Å². The summed E-state index contributed by atoms with van der Waals surface area (Å²) in [6.45, 7) is 2.11. The van der Waals surface area contributed by atoms with Crippen LogP contribution in [0.2, 0.25) is 0 Å². The first kappa shape index (κ1) is 18.7. The number of benzene rings is 1. The molecule has 1 aliphatic rings. The van der Waals surface area contributed by atoms with Crippen LogP contribution < -0.4 is 16.0 Å². The quantitative estimate of drug-likeness (QED) is 0.462. The summed E-state index contributed by atoms with van der Waals surface area (Å²) in [6.07, 6.45) is 1.78. The fourth-order valence-corrected chi connectivity index (χ4v) is 2.63. The number of hydrogen-bond donors (Lipinski definition) is 5. The third kappa shape index (κ3) is 5.46. The number of carboxylic acids is 1. The maximum absolute atomic E-state index is 12.4. The number of carboxylic acid groups (broad SMARTS) is 1. The zero-order chi connectivity index (χ0) is 18.4. The van der Waals surface area contributed by atoms with Gasteiger partial charge in [-0.25, -0.2) is 0 Å². The lowest BCUT2D eigenvalue weighted by Crippen LogP contribution is -2.54. The number of aromatic hydroxyl groups is 1. The highest BCUT2D eigenvalue weighted by Gasteiger charge is 2.28. The molecular formula is C17H23N3O5. The molecule has 0 radical (unpaired) electrons. The van der Waals surface area contributed by atoms with Crippen molar-refractivity contribution in [3.8, 4) is 5.75 Å². The van der Waals surface area contributed by atoms with E-state index >= 15 is 0 Å². The topological polar surface area (TPSA) is 128 Å². The summed E-state index contributed by atoms with van der Waals surface area (Å²) in [6, 6.07) is 3.98. The van der Waals surface area contributed by atoms with Gasteiger partial charge in [-0.3, -0.25) is 14.4 Å². The van der Waals surface area contributed by atoms with Gasteiger partial charge in [0.2, 0.25) is 11.8 Å². The third-order valence-electron chi connectivity index (χ3n) is 4.12. The molecule has 1 fully saturated rings. The molecule has 0 aromatic heterocycles. The van der Waals surface area contributed by atoms with Crippen molar-refractivity contribution in [2.45, 2.75) is 44.3 Å². The maximum Gasteiger partial charge on any atom is 0.325 e. The molecule has 25 heavy (non-hydrogen) atoms. The van der Waals surface area contributed by atoms with Gasteiger partial charge in [0.25, 0.3) is 0 Å². The Balaban J connectivity index is 2.08. The molecule has 1 aliphatic heterocycles. The van der Waals surface area contributed by atoms with E-state index in [1.54, 1.807) is 12.1 Å². The molecule has 1 saturated heterocycles. The molecule has 2 rings (SSSR count). The summed E-state index contributed by atoms with van der Waals surface area (Å²) in [4.78, 5) is 35.7. The second kappa shape index (κ2) is 8.48. The number of phenols is 1. The number of hydrogen-bond acceptors (Lipinski definition) is 5. The molecule has 0 spiro atoms. The Bertz CT molecular complexity index is 626. The molecule has 1 aromatic carbocycles. The molecule has 3 atom stereocenters. The summed E-state index contributed by atoms with van der Waals surface area (Å²) >= 11 is 0. The fourth-order valence-electron chi connectivity index (χ4n) is 2.63. The van der Waals surface area contributed by atoms with Crippen molar-refractivity contribution in [2.75, 3.05) is 6.54 Å². The van der Waals surface area contributed by atoms with Gasteiger partial charge in [0, 0.05) is 6.42 Å². The molecule has 136 valence electrons. The van der Waals surface area contributed by atoms with E-state index in [-0.39, 0.29) is 24.1 Å². The minimum absolute atomic E-state index is 0.100. The lowest BCUT2D eigenvalue weighted by molar-refractivity contribution is -0.141. The third-order valence-corrected chi connectivity index (χ3v) is 4.12. The maximum atomic E-state index is 12.4. The Morgan fingerprint density at radius 1 is 1.24 bits per heavy atom. The highest BCUT2D eigenvalue weighted by Crippen LogP contribution is 2.12. The van der Waals surface area contributed by atoms with E-state index in [1.165, 1.54) is 19.1 Å². The normalized spacial score (nSPS) is 19.0. The Morgan fingerprint density at radius 2 is 1.92 bits per heavy atom. The lowest BCUT2D eigenvalue weighted by atomic mass is 10.0. The average molecular weight is 349 g/mol. The molecule has 8 heteroatoms. The van der Waals surface area contributed by atoms with Gasteiger partial charge in [0.1, 0.15) is 17.8 Å². The van der Waals surface area contributed by atoms with Crippen LogP contribution in [0.15, 0.2) is 24.3 Å². The molecule has 2 amide bonds. The highest BCUT2D eigenvalue weighted by molar-refractivity contribution is 5.92. The number of carbonyl (C=O) groups is 3. The molecule has 8 nitrogen and oxygen atoms in total. The van der Waals surface area contributed by atoms with Crippen molar-refractivity contribution < 1.29 is 24.6 Å². The van der Waals surface area contributed by atoms with Gasteiger partial charge in [-0.15, -0.1) is 0 Å². The Hall–Kier alpha value is -2.61. The van der Waals surface area contributed by atoms with Crippen LogP contribution in [-0.2, 0) is 20.8 Å². The fraction of sp³-hybridized carbons (Fsp3) is 0.471. The van der Waals surface area contributed by atoms with E-state index in [0.717, 1.165) is 18.5 Å². The van der Waals surface area contributed by atoms with Gasteiger partial charge < -0.3 is 26.2 Å². The molecule has 0 saturated carbocycles. The van der Waals surface area contributed by atoms with Gasteiger partial charge in [0.15, 0.2) is 0 Å². The SMILES string of the molecule is C[C@H](NC(=O)[C@H](Cc1ccc(O)cc1)NC(=O)[C@@H]1CCCN1)C(=O)O. The van der Waals surface area contributed by atoms with Gasteiger partial charge in [0.05, 0.1) is 6.04 Å². The zero-order valence-electron chi connectivity index (χ0n) is 14.0. The number of carbonyl (C=O) groups excluding carboxylic acids is 2. The van der Waals surface area contributed by atoms with Crippen LogP contribution in [0, 0.1) is 0 Å². The smallest absolute Gasteiger partial charge is 0.325 e. The van der Waals surface area contributed by atoms with Crippen molar-refractivity contribution in [1.82, 2.24) is 16.0 Å². The van der Waals surface area contributed by atoms with Crippen LogP contribution in [0.5, 0.6) is 5.75 Å². The van der Waals surface area contributed by atoms with E-state index in [1.807, 2.05) is 0 Å². The predicted molar refractivity (Wildman–Crippen MR) is 90.0 cm³/mol. The molecule has 1 aromatic rings. The highest BCUT2D eigenvalue weighted by atomic mass is 16.4. The minimum atomic E-state index is -1.15. The van der Waals surface area contributed by atoms with E-state index < -0.39 is 24.0 Å². The number of aliphatic carboxylic acids is 1. The largest absolute Gasteiger partial charge is 0.508 e. The van der Waals surface area contributed by atoms with Crippen LogP contribution in [0.1, 0.15) is 25.3 Å². The first-order valence-corrected chi connectivity index (χ1v) is 8.21. The lowest BCUT2D eigenvalue weighted by Gasteiger charge is -2.22. The van der Waals surface area contributed by atoms with Crippen LogP contribution in [0.4, 0.5) is 0 Å². The van der Waals surface area contributed by atoms with Gasteiger partial charge in [-0.1, -0.05) is 12.1 Å². The van der Waals surface area contributed by atoms with Crippen molar-refractivity contribution in [3.63, 3.8) is 0 Å². The molecule has 1 heterocycles. The summed E-state index contributed by atoms with van der Waals surface area (Å²) in [5, 5.41) is 26.4. The number of phenolic OH excluding ortho intramolecular Hbond substituents is 1. The Morgan fingerprint density at radius 3 is 2.48 bits per heavy atom. The van der Waals surface area contributed by atoms with Gasteiger partial charge in [-0.2, -0.15) is 0 Å². The summed E-state index contributed by atoms with van der Waals surface area (Å²) in [7, 11) is 0. The summed E-state index contributed by atoms with van der Waals surface area (Å²) in [5.74, 6) is -1.89. The Labute approximate surface area is 145 Å². The number of amides is 2. The standard InChI is InChI=1S/C17H23N3O5/c1-10(17(24)25)19-16(23)14(9-11-4-6-12(21)7-5-11)20-15(22)13-3-2-8-18-13/h4-7,10,13-14,18,21H,2-3,8-9H2,1H3,(H,19,23)(H,20,22)(H,24,25)/t10-,13-,14-/m0/s1. The van der Waals surface area contributed by atoms with Crippen LogP contribution >= 0.6 is 0 Å². The van der Waals surface area contributed by atoms with E-state index in [4.69, 9.17) is 5.11 Å². The molecular weight excluding hydrogens is 326 g/mol. The summed E-state index contributed by atoms with van der Waals surface area (Å²) < 4.78 is 0. The minimum Gasteiger partial charge on any atom is -0.508 e. The average Bonchev–Trinajstić information content (AvgIpc) is 3.10. The first-order valence-electron chi connectivity index (χ1n) is 8.21. The van der Waals surface area contributed by atoms with E-state index in [9.17, 15) is 19.5 Å². The van der Waals surface area contributed by atoms with Crippen LogP contribution in [-0.4, -0.2) is 52.7 Å². The number of rotatable bonds is 7. The van der Waals surface area contributed by atoms with Gasteiger partial charge >= 0.3 is 5.97 Å². The van der Waals surface area contributed by atoms with Crippen LogP contribution in [0.3, 0.4) is 0 Å². The zero-order valence-corrected chi connectivity index (χ0v) is 14.0. The van der Waals surface area contributed by atoms with Crippen LogP contribution in [0.25, 0.3) is 0 Å². The van der Waals surface area contributed by atoms with Crippen molar-refractivity contribution in [1.29, 1.82) is 0 Å². The molecule has 5 N–H and O–H groups in total. The summed E-state index contributed by atoms with van der Waals surface area (Å²) in [5.41, 5.74) is 0.737. The monoisotopic (exact) mass is 349 g/mol. The van der Waals surface area contributed by atoms with Crippen molar-refractivity contribution >= 4 is 17.8 Å².